The molecule has 0 saturated carbocycles. The molecule has 0 aromatic heterocycles. The van der Waals surface area contributed by atoms with Crippen molar-refractivity contribution in [2.45, 2.75) is 24.8 Å². The molecule has 1 fully saturated rings. The predicted molar refractivity (Wildman–Crippen MR) is 97.8 cm³/mol. The zero-order chi connectivity index (χ0) is 16.0. The fourth-order valence-corrected chi connectivity index (χ4v) is 4.11. The van der Waals surface area contributed by atoms with E-state index < -0.39 is 9.84 Å². The lowest BCUT2D eigenvalue weighted by molar-refractivity contribution is -0.121. The molecule has 2 N–H and O–H groups in total. The molecule has 8 heteroatoms. The van der Waals surface area contributed by atoms with Crippen LogP contribution in [0.5, 0.6) is 0 Å². The van der Waals surface area contributed by atoms with Crippen LogP contribution in [-0.2, 0) is 26.9 Å². The highest BCUT2D eigenvalue weighted by molar-refractivity contribution is 7.99. The minimum absolute atomic E-state index is 0. The molecule has 0 spiro atoms. The first kappa shape index (κ1) is 20.3. The van der Waals surface area contributed by atoms with Crippen molar-refractivity contribution in [3.05, 3.63) is 35.4 Å². The van der Waals surface area contributed by atoms with E-state index in [9.17, 15) is 13.2 Å². The highest BCUT2D eigenvalue weighted by atomic mass is 35.5. The van der Waals surface area contributed by atoms with Gasteiger partial charge in [0, 0.05) is 43.3 Å². The standard InChI is InChI=1S/C15H22N2O3S2.ClH/c1-22(19,20)11-13-4-2-3-12(7-13)9-17-15(18)8-14-10-21-6-5-16-14;/h2-4,7,14,16H,5-6,8-11H2,1H3,(H,17,18);1H. The maximum Gasteiger partial charge on any atom is 0.221 e. The number of hydrogen-bond acceptors (Lipinski definition) is 5. The quantitative estimate of drug-likeness (QED) is 0.781. The van der Waals surface area contributed by atoms with Gasteiger partial charge < -0.3 is 10.6 Å². The molecule has 23 heavy (non-hydrogen) atoms. The maximum atomic E-state index is 11.9. The summed E-state index contributed by atoms with van der Waals surface area (Å²) in [5, 5.41) is 6.23. The van der Waals surface area contributed by atoms with Crippen LogP contribution in [0.3, 0.4) is 0 Å². The molecule has 1 aliphatic heterocycles. The normalized spacial score (nSPS) is 18.0. The molecule has 1 amide bonds. The molecule has 1 heterocycles. The van der Waals surface area contributed by atoms with Gasteiger partial charge in [-0.3, -0.25) is 4.79 Å². The van der Waals surface area contributed by atoms with Crippen LogP contribution in [0.25, 0.3) is 0 Å². The Kier molecular flexibility index (Phi) is 8.39. The molecule has 1 atom stereocenters. The van der Waals surface area contributed by atoms with E-state index in [1.807, 2.05) is 30.0 Å². The Morgan fingerprint density at radius 2 is 2.13 bits per heavy atom. The van der Waals surface area contributed by atoms with Crippen LogP contribution in [0.15, 0.2) is 24.3 Å². The number of carbonyl (C=O) groups is 1. The van der Waals surface area contributed by atoms with E-state index in [0.717, 1.165) is 29.2 Å². The molecule has 2 rings (SSSR count). The summed E-state index contributed by atoms with van der Waals surface area (Å²) in [5.74, 6) is 2.12. The maximum absolute atomic E-state index is 11.9. The molecule has 130 valence electrons. The summed E-state index contributed by atoms with van der Waals surface area (Å²) in [7, 11) is -3.04. The van der Waals surface area contributed by atoms with Crippen LogP contribution < -0.4 is 10.6 Å². The van der Waals surface area contributed by atoms with Crippen molar-refractivity contribution in [1.82, 2.24) is 10.6 Å². The fourth-order valence-electron chi connectivity index (χ4n) is 2.38. The Morgan fingerprint density at radius 1 is 1.39 bits per heavy atom. The topological polar surface area (TPSA) is 75.3 Å². The summed E-state index contributed by atoms with van der Waals surface area (Å²) >= 11 is 1.87. The first-order valence-corrected chi connectivity index (χ1v) is 10.5. The van der Waals surface area contributed by atoms with Crippen molar-refractivity contribution in [2.24, 2.45) is 0 Å². The van der Waals surface area contributed by atoms with E-state index >= 15 is 0 Å². The van der Waals surface area contributed by atoms with E-state index in [2.05, 4.69) is 10.6 Å². The second-order valence-corrected chi connectivity index (χ2v) is 8.89. The van der Waals surface area contributed by atoms with Gasteiger partial charge in [0.25, 0.3) is 0 Å². The Balaban J connectivity index is 0.00000264. The fraction of sp³-hybridized carbons (Fsp3) is 0.533. The van der Waals surface area contributed by atoms with Crippen molar-refractivity contribution in [2.75, 3.05) is 24.3 Å². The number of halogens is 1. The minimum Gasteiger partial charge on any atom is -0.352 e. The highest BCUT2D eigenvalue weighted by Crippen LogP contribution is 2.11. The zero-order valence-corrected chi connectivity index (χ0v) is 15.5. The third-order valence-electron chi connectivity index (χ3n) is 3.34. The van der Waals surface area contributed by atoms with E-state index in [4.69, 9.17) is 0 Å². The zero-order valence-electron chi connectivity index (χ0n) is 13.1. The van der Waals surface area contributed by atoms with Crippen LogP contribution in [0.2, 0.25) is 0 Å². The molecule has 1 aromatic rings. The number of carbonyl (C=O) groups excluding carboxylic acids is 1. The number of nitrogens with one attached hydrogen (secondary N) is 2. The number of benzene rings is 1. The van der Waals surface area contributed by atoms with E-state index in [-0.39, 0.29) is 30.1 Å². The third-order valence-corrected chi connectivity index (χ3v) is 5.33. The molecule has 1 saturated heterocycles. The van der Waals surface area contributed by atoms with Crippen LogP contribution in [0, 0.1) is 0 Å². The molecule has 0 radical (unpaired) electrons. The van der Waals surface area contributed by atoms with Gasteiger partial charge in [-0.25, -0.2) is 8.42 Å². The van der Waals surface area contributed by atoms with Crippen LogP contribution >= 0.6 is 24.2 Å². The molecular formula is C15H23ClN2O3S2. The molecule has 0 aliphatic carbocycles. The first-order valence-electron chi connectivity index (χ1n) is 7.26. The van der Waals surface area contributed by atoms with E-state index in [1.54, 1.807) is 6.07 Å². The first-order chi connectivity index (χ1) is 10.4. The summed E-state index contributed by atoms with van der Waals surface area (Å²) in [4.78, 5) is 11.9. The summed E-state index contributed by atoms with van der Waals surface area (Å²) in [5.41, 5.74) is 1.67. The summed E-state index contributed by atoms with van der Waals surface area (Å²) in [6.07, 6.45) is 1.70. The van der Waals surface area contributed by atoms with Gasteiger partial charge in [-0.15, -0.1) is 12.4 Å². The van der Waals surface area contributed by atoms with Gasteiger partial charge in [-0.05, 0) is 11.1 Å². The predicted octanol–water partition coefficient (Wildman–Crippen LogP) is 1.36. The van der Waals surface area contributed by atoms with Gasteiger partial charge in [0.05, 0.1) is 5.75 Å². The summed E-state index contributed by atoms with van der Waals surface area (Å²) in [6.45, 7) is 1.38. The van der Waals surface area contributed by atoms with Crippen molar-refractivity contribution in [1.29, 1.82) is 0 Å². The highest BCUT2D eigenvalue weighted by Gasteiger charge is 2.16. The minimum atomic E-state index is -3.04. The van der Waals surface area contributed by atoms with Crippen molar-refractivity contribution in [3.8, 4) is 0 Å². The van der Waals surface area contributed by atoms with Crippen molar-refractivity contribution in [3.63, 3.8) is 0 Å². The van der Waals surface area contributed by atoms with Crippen LogP contribution in [0.4, 0.5) is 0 Å². The average molecular weight is 379 g/mol. The number of thioether (sulfide) groups is 1. The Hall–Kier alpha value is -0.760. The van der Waals surface area contributed by atoms with Gasteiger partial charge in [-0.2, -0.15) is 11.8 Å². The smallest absolute Gasteiger partial charge is 0.221 e. The Morgan fingerprint density at radius 3 is 2.78 bits per heavy atom. The van der Waals surface area contributed by atoms with Crippen LogP contribution in [-0.4, -0.2) is 44.7 Å². The van der Waals surface area contributed by atoms with Gasteiger partial charge in [0.1, 0.15) is 0 Å². The molecular weight excluding hydrogens is 356 g/mol. The lowest BCUT2D eigenvalue weighted by Crippen LogP contribution is -2.41. The Labute approximate surface area is 148 Å². The molecule has 1 aromatic carbocycles. The number of amides is 1. The number of hydrogen-bond donors (Lipinski definition) is 2. The molecule has 0 bridgehead atoms. The molecule has 5 nitrogen and oxygen atoms in total. The van der Waals surface area contributed by atoms with Gasteiger partial charge in [0.2, 0.25) is 5.91 Å². The SMILES string of the molecule is CS(=O)(=O)Cc1cccc(CNC(=O)CC2CSCCN2)c1.Cl. The Bertz CT molecular complexity index is 617. The van der Waals surface area contributed by atoms with Crippen molar-refractivity contribution < 1.29 is 13.2 Å². The van der Waals surface area contributed by atoms with Crippen LogP contribution in [0.1, 0.15) is 17.5 Å². The van der Waals surface area contributed by atoms with Gasteiger partial charge >= 0.3 is 0 Å². The average Bonchev–Trinajstić information content (AvgIpc) is 2.45. The van der Waals surface area contributed by atoms with Gasteiger partial charge in [-0.1, -0.05) is 24.3 Å². The summed E-state index contributed by atoms with van der Waals surface area (Å²) < 4.78 is 22.6. The van der Waals surface area contributed by atoms with Gasteiger partial charge in [0.15, 0.2) is 9.84 Å². The van der Waals surface area contributed by atoms with E-state index in [0.29, 0.717) is 13.0 Å². The lowest BCUT2D eigenvalue weighted by atomic mass is 10.1. The summed E-state index contributed by atoms with van der Waals surface area (Å²) in [6, 6.07) is 7.57. The number of rotatable bonds is 6. The number of sulfone groups is 1. The monoisotopic (exact) mass is 378 g/mol. The second-order valence-electron chi connectivity index (χ2n) is 5.60. The third kappa shape index (κ3) is 8.06. The molecule has 1 unspecified atom stereocenters. The largest absolute Gasteiger partial charge is 0.352 e. The second kappa shape index (κ2) is 9.52. The van der Waals surface area contributed by atoms with E-state index in [1.165, 1.54) is 6.26 Å². The lowest BCUT2D eigenvalue weighted by Gasteiger charge is -2.22. The molecule has 1 aliphatic rings. The van der Waals surface area contributed by atoms with Crippen molar-refractivity contribution >= 4 is 39.9 Å².